The summed E-state index contributed by atoms with van der Waals surface area (Å²) < 4.78 is 38.3. The normalized spacial score (nSPS) is 11.6. The maximum atomic E-state index is 12.8. The second kappa shape index (κ2) is 4.33. The van der Waals surface area contributed by atoms with Gasteiger partial charge in [-0.1, -0.05) is 30.3 Å². The molecule has 94 valence electrons. The predicted molar refractivity (Wildman–Crippen MR) is 60.4 cm³/mol. The Balaban J connectivity index is 2.49. The third-order valence-corrected chi connectivity index (χ3v) is 2.52. The van der Waals surface area contributed by atoms with E-state index in [2.05, 4.69) is 4.98 Å². The van der Waals surface area contributed by atoms with Crippen molar-refractivity contribution in [1.82, 2.24) is 4.98 Å². The van der Waals surface area contributed by atoms with Crippen molar-refractivity contribution in [2.75, 3.05) is 0 Å². The lowest BCUT2D eigenvalue weighted by atomic mass is 10.1. The van der Waals surface area contributed by atoms with Crippen molar-refractivity contribution < 1.29 is 18.0 Å². The Hall–Kier alpha value is -2.04. The lowest BCUT2D eigenvalue weighted by Crippen LogP contribution is -2.12. The van der Waals surface area contributed by atoms with E-state index >= 15 is 0 Å². The van der Waals surface area contributed by atoms with Crippen molar-refractivity contribution in [2.45, 2.75) is 13.1 Å². The molecule has 0 radical (unpaired) electrons. The van der Waals surface area contributed by atoms with Gasteiger partial charge in [-0.2, -0.15) is 13.2 Å². The molecule has 0 atom stereocenters. The Morgan fingerprint density at radius 2 is 1.78 bits per heavy atom. The summed E-state index contributed by atoms with van der Waals surface area (Å²) in [6, 6.07) is 8.82. The highest BCUT2D eigenvalue weighted by atomic mass is 19.4. The smallest absolute Gasteiger partial charge is 0.355 e. The van der Waals surface area contributed by atoms with Gasteiger partial charge in [0.15, 0.2) is 0 Å². The number of H-pyrrole nitrogens is 1. The van der Waals surface area contributed by atoms with Crippen LogP contribution in [0.4, 0.5) is 13.2 Å². The van der Waals surface area contributed by atoms with Crippen molar-refractivity contribution >= 4 is 5.78 Å². The second-order valence-corrected chi connectivity index (χ2v) is 3.93. The zero-order valence-corrected chi connectivity index (χ0v) is 9.51. The monoisotopic (exact) mass is 253 g/mol. The molecule has 2 aromatic rings. The predicted octanol–water partition coefficient (Wildman–Crippen LogP) is 3.57. The van der Waals surface area contributed by atoms with Gasteiger partial charge < -0.3 is 4.98 Å². The molecule has 1 N–H and O–H groups in total. The van der Waals surface area contributed by atoms with Crippen molar-refractivity contribution in [2.24, 2.45) is 0 Å². The molecule has 0 saturated carbocycles. The molecule has 1 aromatic heterocycles. The Morgan fingerprint density at radius 3 is 2.33 bits per heavy atom. The Kier molecular flexibility index (Phi) is 2.98. The van der Waals surface area contributed by atoms with Gasteiger partial charge in [0.05, 0.1) is 11.3 Å². The molecule has 0 amide bonds. The number of carbonyl (C=O) groups is 1. The molecule has 0 bridgehead atoms. The largest absolute Gasteiger partial charge is 0.418 e. The molecule has 1 aromatic carbocycles. The quantitative estimate of drug-likeness (QED) is 0.815. The summed E-state index contributed by atoms with van der Waals surface area (Å²) in [5.41, 5.74) is -0.800. The van der Waals surface area contributed by atoms with Gasteiger partial charge in [-0.25, -0.2) is 0 Å². The highest BCUT2D eigenvalue weighted by Crippen LogP contribution is 2.33. The summed E-state index contributed by atoms with van der Waals surface area (Å²) >= 11 is 0. The zero-order valence-electron chi connectivity index (χ0n) is 9.51. The molecule has 1 heterocycles. The van der Waals surface area contributed by atoms with E-state index in [0.717, 1.165) is 6.07 Å². The fourth-order valence-electron chi connectivity index (χ4n) is 1.73. The Bertz CT molecular complexity index is 570. The number of aromatic nitrogens is 1. The molecule has 0 aliphatic rings. The maximum Gasteiger partial charge on any atom is 0.418 e. The number of rotatable bonds is 2. The van der Waals surface area contributed by atoms with E-state index in [0.29, 0.717) is 5.69 Å². The molecule has 2 nitrogen and oxygen atoms in total. The van der Waals surface area contributed by atoms with Crippen LogP contribution in [-0.2, 0) is 6.18 Å². The number of aryl methyl sites for hydroxylation is 1. The van der Waals surface area contributed by atoms with Crippen LogP contribution in [0.15, 0.2) is 36.4 Å². The average Bonchev–Trinajstić information content (AvgIpc) is 2.71. The van der Waals surface area contributed by atoms with Crippen LogP contribution in [-0.4, -0.2) is 10.8 Å². The summed E-state index contributed by atoms with van der Waals surface area (Å²) in [5, 5.41) is 0. The number of alkyl halides is 3. The first kappa shape index (κ1) is 12.4. The molecule has 2 rings (SSSR count). The van der Waals surface area contributed by atoms with E-state index in [1.165, 1.54) is 19.1 Å². The van der Waals surface area contributed by atoms with Gasteiger partial charge >= 0.3 is 6.18 Å². The number of ketones is 1. The summed E-state index contributed by atoms with van der Waals surface area (Å²) in [6.45, 7) is 1.48. The molecule has 0 unspecified atom stereocenters. The number of benzene rings is 1. The van der Waals surface area contributed by atoms with Crippen molar-refractivity contribution in [3.63, 3.8) is 0 Å². The zero-order chi connectivity index (χ0) is 13.3. The first-order valence-corrected chi connectivity index (χ1v) is 5.26. The minimum atomic E-state index is -4.54. The van der Waals surface area contributed by atoms with Crippen molar-refractivity contribution in [3.05, 3.63) is 58.9 Å². The van der Waals surface area contributed by atoms with E-state index in [1.54, 1.807) is 18.2 Å². The molecule has 0 aliphatic carbocycles. The van der Waals surface area contributed by atoms with E-state index < -0.39 is 23.2 Å². The van der Waals surface area contributed by atoms with Crippen LogP contribution in [0.2, 0.25) is 0 Å². The van der Waals surface area contributed by atoms with Crippen LogP contribution < -0.4 is 0 Å². The van der Waals surface area contributed by atoms with E-state index in [-0.39, 0.29) is 5.56 Å². The number of hydrogen-bond donors (Lipinski definition) is 1. The van der Waals surface area contributed by atoms with Gasteiger partial charge in [0.2, 0.25) is 5.78 Å². The van der Waals surface area contributed by atoms with Gasteiger partial charge in [0, 0.05) is 11.3 Å². The Labute approximate surface area is 101 Å². The van der Waals surface area contributed by atoms with Gasteiger partial charge in [-0.15, -0.1) is 0 Å². The van der Waals surface area contributed by atoms with E-state index in [9.17, 15) is 18.0 Å². The Morgan fingerprint density at radius 1 is 1.17 bits per heavy atom. The highest BCUT2D eigenvalue weighted by Gasteiger charge is 2.36. The fraction of sp³-hybridized carbons (Fsp3) is 0.154. The number of hydrogen-bond acceptors (Lipinski definition) is 1. The lowest BCUT2D eigenvalue weighted by Gasteiger charge is -2.07. The summed E-state index contributed by atoms with van der Waals surface area (Å²) in [6.07, 6.45) is -4.54. The van der Waals surface area contributed by atoms with Crippen LogP contribution in [0.3, 0.4) is 0 Å². The molecule has 0 fully saturated rings. The van der Waals surface area contributed by atoms with Crippen molar-refractivity contribution in [1.29, 1.82) is 0 Å². The minimum Gasteiger partial charge on any atom is -0.355 e. The molecular formula is C13H10F3NO. The number of aromatic amines is 1. The molecule has 0 spiro atoms. The molecule has 0 aliphatic heterocycles. The van der Waals surface area contributed by atoms with Crippen LogP contribution in [0.5, 0.6) is 0 Å². The molecule has 0 saturated heterocycles. The third kappa shape index (κ3) is 2.30. The standard InChI is InChI=1S/C13H10F3NO/c1-8-7-10(13(14,15)16)11(17-8)12(18)9-5-3-2-4-6-9/h2-7,17H,1H3. The van der Waals surface area contributed by atoms with Crippen LogP contribution in [0, 0.1) is 6.92 Å². The van der Waals surface area contributed by atoms with Gasteiger partial charge in [0.25, 0.3) is 0 Å². The summed E-state index contributed by atoms with van der Waals surface area (Å²) in [7, 11) is 0. The first-order chi connectivity index (χ1) is 8.39. The summed E-state index contributed by atoms with van der Waals surface area (Å²) in [4.78, 5) is 14.5. The van der Waals surface area contributed by atoms with Crippen LogP contribution >= 0.6 is 0 Å². The van der Waals surface area contributed by atoms with Crippen LogP contribution in [0.25, 0.3) is 0 Å². The van der Waals surface area contributed by atoms with Crippen molar-refractivity contribution in [3.8, 4) is 0 Å². The number of nitrogens with one attached hydrogen (secondary N) is 1. The third-order valence-electron chi connectivity index (χ3n) is 2.52. The fourth-order valence-corrected chi connectivity index (χ4v) is 1.73. The van der Waals surface area contributed by atoms with Gasteiger partial charge in [0.1, 0.15) is 0 Å². The summed E-state index contributed by atoms with van der Waals surface area (Å²) in [5.74, 6) is -0.656. The molecule has 5 heteroatoms. The second-order valence-electron chi connectivity index (χ2n) is 3.93. The molecular weight excluding hydrogens is 243 g/mol. The average molecular weight is 253 g/mol. The first-order valence-electron chi connectivity index (χ1n) is 5.26. The van der Waals surface area contributed by atoms with E-state index in [4.69, 9.17) is 0 Å². The topological polar surface area (TPSA) is 32.9 Å². The molecule has 18 heavy (non-hydrogen) atoms. The van der Waals surface area contributed by atoms with Gasteiger partial charge in [-0.05, 0) is 13.0 Å². The van der Waals surface area contributed by atoms with Crippen LogP contribution in [0.1, 0.15) is 27.3 Å². The van der Waals surface area contributed by atoms with Gasteiger partial charge in [-0.3, -0.25) is 4.79 Å². The number of carbonyl (C=O) groups excluding carboxylic acids is 1. The SMILES string of the molecule is Cc1cc(C(F)(F)F)c(C(=O)c2ccccc2)[nH]1. The number of halogens is 3. The van der Waals surface area contributed by atoms with E-state index in [1.807, 2.05) is 0 Å². The lowest BCUT2D eigenvalue weighted by molar-refractivity contribution is -0.137. The maximum absolute atomic E-state index is 12.8. The minimum absolute atomic E-state index is 0.227. The highest BCUT2D eigenvalue weighted by molar-refractivity contribution is 6.08.